The molecule has 0 atom stereocenters. The molecule has 0 N–H and O–H groups in total. The highest BCUT2D eigenvalue weighted by Gasteiger charge is 2.05. The maximum Gasteiger partial charge on any atom is 0.128 e. The Bertz CT molecular complexity index is 1020. The first-order valence-corrected chi connectivity index (χ1v) is 17.1. The van der Waals surface area contributed by atoms with Crippen LogP contribution in [0.25, 0.3) is 0 Å². The van der Waals surface area contributed by atoms with Crippen molar-refractivity contribution in [2.24, 2.45) is 35.5 Å². The van der Waals surface area contributed by atoms with Gasteiger partial charge in [-0.05, 0) is 98.7 Å². The highest BCUT2D eigenvalue weighted by Crippen LogP contribution is 2.12. The molecule has 0 aliphatic carbocycles. The Morgan fingerprint density at radius 3 is 1.23 bits per heavy atom. The SMILES string of the molecule is CC(C)CCc1cc(CCC(C)C)ncn1.CC(C)Cc1cc(CC(C)C)ncn1.CC(C)Cc1ccnc(CC(C)C)n1. The minimum atomic E-state index is 0.629. The second kappa shape index (κ2) is 21.9. The Morgan fingerprint density at radius 2 is 0.818 bits per heavy atom. The average molecular weight is 605 g/mol. The van der Waals surface area contributed by atoms with Gasteiger partial charge in [0.15, 0.2) is 0 Å². The van der Waals surface area contributed by atoms with Crippen LogP contribution in [0.5, 0.6) is 0 Å². The number of aryl methyl sites for hydroxylation is 2. The molecule has 0 aliphatic rings. The van der Waals surface area contributed by atoms with Gasteiger partial charge in [0.2, 0.25) is 0 Å². The lowest BCUT2D eigenvalue weighted by atomic mass is 10.0. The van der Waals surface area contributed by atoms with Crippen molar-refractivity contribution < 1.29 is 0 Å². The number of nitrogens with zero attached hydrogens (tertiary/aromatic N) is 6. The summed E-state index contributed by atoms with van der Waals surface area (Å²) >= 11 is 0. The summed E-state index contributed by atoms with van der Waals surface area (Å²) in [6, 6.07) is 6.33. The predicted octanol–water partition coefficient (Wildman–Crippen LogP) is 9.40. The Balaban J connectivity index is 0.000000331. The molecule has 6 nitrogen and oxygen atoms in total. The van der Waals surface area contributed by atoms with Crippen molar-refractivity contribution in [3.05, 3.63) is 71.3 Å². The Hall–Kier alpha value is -2.76. The van der Waals surface area contributed by atoms with Crippen LogP contribution in [-0.2, 0) is 38.5 Å². The van der Waals surface area contributed by atoms with E-state index in [1.54, 1.807) is 12.7 Å². The van der Waals surface area contributed by atoms with Crippen LogP contribution in [0.3, 0.4) is 0 Å². The maximum atomic E-state index is 4.54. The number of hydrogen-bond acceptors (Lipinski definition) is 6. The van der Waals surface area contributed by atoms with Gasteiger partial charge in [0.05, 0.1) is 0 Å². The van der Waals surface area contributed by atoms with Crippen LogP contribution in [0.15, 0.2) is 37.1 Å². The molecule has 44 heavy (non-hydrogen) atoms. The summed E-state index contributed by atoms with van der Waals surface area (Å²) in [6.07, 6.45) is 14.0. The van der Waals surface area contributed by atoms with E-state index in [0.29, 0.717) is 23.7 Å². The molecule has 0 spiro atoms. The van der Waals surface area contributed by atoms with Crippen molar-refractivity contribution in [1.82, 2.24) is 29.9 Å². The third-order valence-electron chi connectivity index (χ3n) is 6.72. The predicted molar refractivity (Wildman–Crippen MR) is 187 cm³/mol. The van der Waals surface area contributed by atoms with E-state index in [-0.39, 0.29) is 0 Å². The molecule has 0 radical (unpaired) electrons. The lowest BCUT2D eigenvalue weighted by molar-refractivity contribution is 0.572. The second-order valence-corrected chi connectivity index (χ2v) is 14.7. The number of hydrogen-bond donors (Lipinski definition) is 0. The minimum absolute atomic E-state index is 0.629. The summed E-state index contributed by atoms with van der Waals surface area (Å²) in [6.45, 7) is 26.7. The van der Waals surface area contributed by atoms with Gasteiger partial charge in [-0.25, -0.2) is 29.9 Å². The molecule has 3 rings (SSSR count). The van der Waals surface area contributed by atoms with Gasteiger partial charge in [0.25, 0.3) is 0 Å². The highest BCUT2D eigenvalue weighted by atomic mass is 14.9. The van der Waals surface area contributed by atoms with Gasteiger partial charge in [-0.2, -0.15) is 0 Å². The zero-order valence-corrected chi connectivity index (χ0v) is 30.3. The van der Waals surface area contributed by atoms with Crippen LogP contribution in [0, 0.1) is 35.5 Å². The fourth-order valence-electron chi connectivity index (χ4n) is 4.53. The topological polar surface area (TPSA) is 77.3 Å². The molecule has 0 unspecified atom stereocenters. The van der Waals surface area contributed by atoms with Gasteiger partial charge in [-0.1, -0.05) is 83.1 Å². The molecule has 0 saturated carbocycles. The molecule has 0 amide bonds. The van der Waals surface area contributed by atoms with Gasteiger partial charge in [0, 0.05) is 41.1 Å². The zero-order chi connectivity index (χ0) is 33.1. The first kappa shape index (κ1) is 39.3. The van der Waals surface area contributed by atoms with E-state index in [2.05, 4.69) is 125 Å². The largest absolute Gasteiger partial charge is 0.241 e. The van der Waals surface area contributed by atoms with E-state index < -0.39 is 0 Å². The van der Waals surface area contributed by atoms with Crippen LogP contribution in [0.2, 0.25) is 0 Å². The smallest absolute Gasteiger partial charge is 0.128 e. The summed E-state index contributed by atoms with van der Waals surface area (Å²) in [5, 5.41) is 0. The third-order valence-corrected chi connectivity index (χ3v) is 6.72. The van der Waals surface area contributed by atoms with Crippen molar-refractivity contribution in [1.29, 1.82) is 0 Å². The van der Waals surface area contributed by atoms with Crippen molar-refractivity contribution in [3.63, 3.8) is 0 Å². The molecule has 0 bridgehead atoms. The van der Waals surface area contributed by atoms with E-state index in [1.165, 1.54) is 41.3 Å². The zero-order valence-electron chi connectivity index (χ0n) is 30.3. The average Bonchev–Trinajstić information content (AvgIpc) is 2.91. The molecule has 3 aromatic heterocycles. The first-order valence-electron chi connectivity index (χ1n) is 17.1. The van der Waals surface area contributed by atoms with Crippen LogP contribution < -0.4 is 0 Å². The summed E-state index contributed by atoms with van der Waals surface area (Å²) in [7, 11) is 0. The first-order chi connectivity index (χ1) is 20.7. The Morgan fingerprint density at radius 1 is 0.432 bits per heavy atom. The molecule has 3 heterocycles. The van der Waals surface area contributed by atoms with Crippen molar-refractivity contribution in [2.75, 3.05) is 0 Å². The molecule has 3 aromatic rings. The van der Waals surface area contributed by atoms with Gasteiger partial charge in [0.1, 0.15) is 18.5 Å². The molecular formula is C38H64N6. The summed E-state index contributed by atoms with van der Waals surface area (Å²) in [4.78, 5) is 26.0. The van der Waals surface area contributed by atoms with Gasteiger partial charge >= 0.3 is 0 Å². The second-order valence-electron chi connectivity index (χ2n) is 14.7. The van der Waals surface area contributed by atoms with E-state index in [0.717, 1.165) is 56.2 Å². The summed E-state index contributed by atoms with van der Waals surface area (Å²) in [5.41, 5.74) is 5.91. The van der Waals surface area contributed by atoms with Gasteiger partial charge in [-0.3, -0.25) is 0 Å². The molecule has 0 fully saturated rings. The van der Waals surface area contributed by atoms with Crippen LogP contribution in [0.4, 0.5) is 0 Å². The molecule has 0 aromatic carbocycles. The Labute approximate surface area is 270 Å². The lowest BCUT2D eigenvalue weighted by Gasteiger charge is -2.07. The van der Waals surface area contributed by atoms with Crippen LogP contribution in [0.1, 0.15) is 130 Å². The Kier molecular flexibility index (Phi) is 19.5. The van der Waals surface area contributed by atoms with E-state index >= 15 is 0 Å². The van der Waals surface area contributed by atoms with Crippen molar-refractivity contribution >= 4 is 0 Å². The van der Waals surface area contributed by atoms with Crippen molar-refractivity contribution in [2.45, 2.75) is 134 Å². The van der Waals surface area contributed by atoms with Gasteiger partial charge < -0.3 is 0 Å². The quantitative estimate of drug-likeness (QED) is 0.182. The maximum absolute atomic E-state index is 4.54. The van der Waals surface area contributed by atoms with E-state index in [4.69, 9.17) is 0 Å². The standard InChI is InChI=1S/C14H24N2.2C12H20N2/c1-11(2)5-7-13-9-14(16-10-15-13)8-6-12(3)4;1-9(2)5-11-7-12(6-10(3)4)14-8-13-11;1-9(2)7-11-5-6-13-12(14-11)8-10(3)4/h9-12H,5-8H2,1-4H3;7-10H,5-6H2,1-4H3;5-6,9-10H,7-8H2,1-4H3. The monoisotopic (exact) mass is 605 g/mol. The molecule has 0 saturated heterocycles. The van der Waals surface area contributed by atoms with Gasteiger partial charge in [-0.15, -0.1) is 0 Å². The molecule has 246 valence electrons. The lowest BCUT2D eigenvalue weighted by Crippen LogP contribution is -2.04. The fourth-order valence-corrected chi connectivity index (χ4v) is 4.53. The van der Waals surface area contributed by atoms with Crippen LogP contribution >= 0.6 is 0 Å². The number of rotatable bonds is 14. The fraction of sp³-hybridized carbons (Fsp3) is 0.684. The summed E-state index contributed by atoms with van der Waals surface area (Å²) < 4.78 is 0. The van der Waals surface area contributed by atoms with Crippen molar-refractivity contribution in [3.8, 4) is 0 Å². The minimum Gasteiger partial charge on any atom is -0.241 e. The normalized spacial score (nSPS) is 11.3. The number of aromatic nitrogens is 6. The van der Waals surface area contributed by atoms with E-state index in [9.17, 15) is 0 Å². The summed E-state index contributed by atoms with van der Waals surface area (Å²) in [5.74, 6) is 5.09. The third kappa shape index (κ3) is 20.2. The van der Waals surface area contributed by atoms with E-state index in [1.807, 2.05) is 12.3 Å². The molecule has 6 heteroatoms. The molecular weight excluding hydrogens is 540 g/mol. The molecule has 0 aliphatic heterocycles. The van der Waals surface area contributed by atoms with Crippen LogP contribution in [-0.4, -0.2) is 29.9 Å². The highest BCUT2D eigenvalue weighted by molar-refractivity contribution is 5.10.